The fourth-order valence-corrected chi connectivity index (χ4v) is 3.55. The predicted molar refractivity (Wildman–Crippen MR) is 101 cm³/mol. The molecule has 7 nitrogen and oxygen atoms in total. The number of hydrogen-bond acceptors (Lipinski definition) is 7. The summed E-state index contributed by atoms with van der Waals surface area (Å²) in [6, 6.07) is 10.1. The summed E-state index contributed by atoms with van der Waals surface area (Å²) in [5, 5.41) is 20.6. The number of hydrogen-bond donors (Lipinski definition) is 2. The van der Waals surface area contributed by atoms with Crippen LogP contribution in [0, 0.1) is 11.8 Å². The smallest absolute Gasteiger partial charge is 0.312 e. The number of rotatable bonds is 7. The van der Waals surface area contributed by atoms with E-state index in [0.717, 1.165) is 5.56 Å². The maximum absolute atomic E-state index is 12.3. The average molecular weight is 388 g/mol. The third kappa shape index (κ3) is 3.84. The summed E-state index contributed by atoms with van der Waals surface area (Å²) in [5.41, 5.74) is 1.43. The molecule has 7 heteroatoms. The molecule has 0 radical (unpaired) electrons. The van der Waals surface area contributed by atoms with Crippen LogP contribution in [0.15, 0.2) is 36.4 Å². The van der Waals surface area contributed by atoms with Gasteiger partial charge in [-0.15, -0.1) is 0 Å². The number of carbonyl (C=O) groups excluding carboxylic acids is 1. The van der Waals surface area contributed by atoms with E-state index in [1.807, 2.05) is 18.2 Å². The Morgan fingerprint density at radius 3 is 2.43 bits per heavy atom. The summed E-state index contributed by atoms with van der Waals surface area (Å²) in [6.07, 6.45) is -0.544. The van der Waals surface area contributed by atoms with Gasteiger partial charge in [0.2, 0.25) is 0 Å². The summed E-state index contributed by atoms with van der Waals surface area (Å²) >= 11 is 0. The molecule has 0 saturated carbocycles. The molecule has 2 aromatic rings. The van der Waals surface area contributed by atoms with E-state index in [0.29, 0.717) is 23.5 Å². The maximum atomic E-state index is 12.3. The summed E-state index contributed by atoms with van der Waals surface area (Å²) in [5.74, 6) is 0.0600. The van der Waals surface area contributed by atoms with Crippen molar-refractivity contribution >= 4 is 5.97 Å². The lowest BCUT2D eigenvalue weighted by Crippen LogP contribution is -2.25. The van der Waals surface area contributed by atoms with Gasteiger partial charge < -0.3 is 29.2 Å². The minimum atomic E-state index is -1.07. The Kier molecular flexibility index (Phi) is 5.94. The Morgan fingerprint density at radius 1 is 1.04 bits per heavy atom. The Bertz CT molecular complexity index is 849. The summed E-state index contributed by atoms with van der Waals surface area (Å²) < 4.78 is 20.9. The van der Waals surface area contributed by atoms with Crippen LogP contribution in [0.2, 0.25) is 0 Å². The standard InChI is InChI=1S/C21H24O7/c1-25-16-7-4-12(9-18(16)27-3)8-14-11-28-21(24)19(14)20(23)13-5-6-15(22)17(10-13)26-2/h4-7,9-10,14,19-20,22-23H,8,11H2,1-3H3/t14-,19-,20+/m0/s1. The highest BCUT2D eigenvalue weighted by Gasteiger charge is 2.42. The van der Waals surface area contributed by atoms with Crippen molar-refractivity contribution in [3.8, 4) is 23.0 Å². The minimum absolute atomic E-state index is 0.0330. The van der Waals surface area contributed by atoms with Gasteiger partial charge in [-0.3, -0.25) is 4.79 Å². The largest absolute Gasteiger partial charge is 0.504 e. The fraction of sp³-hybridized carbons (Fsp3) is 0.381. The van der Waals surface area contributed by atoms with E-state index in [4.69, 9.17) is 18.9 Å². The molecule has 0 bridgehead atoms. The second kappa shape index (κ2) is 8.39. The second-order valence-corrected chi connectivity index (χ2v) is 6.69. The van der Waals surface area contributed by atoms with Crippen LogP contribution < -0.4 is 14.2 Å². The quantitative estimate of drug-likeness (QED) is 0.704. The number of benzene rings is 2. The molecule has 1 saturated heterocycles. The monoisotopic (exact) mass is 388 g/mol. The first kappa shape index (κ1) is 19.8. The van der Waals surface area contributed by atoms with Crippen LogP contribution in [-0.4, -0.2) is 44.1 Å². The number of phenolic OH excluding ortho intramolecular Hbond substituents is 1. The van der Waals surface area contributed by atoms with Gasteiger partial charge in [0, 0.05) is 5.92 Å². The van der Waals surface area contributed by atoms with Crippen LogP contribution in [0.3, 0.4) is 0 Å². The van der Waals surface area contributed by atoms with Crippen molar-refractivity contribution in [2.45, 2.75) is 12.5 Å². The SMILES string of the molecule is COc1cc([C@@H](O)[C@H]2C(=O)OC[C@@H]2Cc2ccc(OC)c(OC)c2)ccc1O. The Balaban J connectivity index is 1.83. The van der Waals surface area contributed by atoms with Crippen LogP contribution in [0.4, 0.5) is 0 Å². The lowest BCUT2D eigenvalue weighted by Gasteiger charge is -2.22. The van der Waals surface area contributed by atoms with Gasteiger partial charge in [-0.25, -0.2) is 0 Å². The van der Waals surface area contributed by atoms with E-state index in [9.17, 15) is 15.0 Å². The molecule has 28 heavy (non-hydrogen) atoms. The number of cyclic esters (lactones) is 1. The zero-order valence-electron chi connectivity index (χ0n) is 16.0. The van der Waals surface area contributed by atoms with Gasteiger partial charge in [0.05, 0.1) is 40.0 Å². The van der Waals surface area contributed by atoms with Crippen molar-refractivity contribution in [1.82, 2.24) is 0 Å². The molecular formula is C21H24O7. The van der Waals surface area contributed by atoms with E-state index in [1.165, 1.54) is 19.2 Å². The van der Waals surface area contributed by atoms with Crippen molar-refractivity contribution in [3.63, 3.8) is 0 Å². The van der Waals surface area contributed by atoms with Gasteiger partial charge in [-0.1, -0.05) is 12.1 Å². The van der Waals surface area contributed by atoms with Gasteiger partial charge in [-0.2, -0.15) is 0 Å². The van der Waals surface area contributed by atoms with Gasteiger partial charge in [-0.05, 0) is 41.8 Å². The number of aliphatic hydroxyl groups excluding tert-OH is 1. The average Bonchev–Trinajstić information content (AvgIpc) is 3.07. The van der Waals surface area contributed by atoms with Crippen LogP contribution in [0.1, 0.15) is 17.2 Å². The third-order valence-corrected chi connectivity index (χ3v) is 5.05. The van der Waals surface area contributed by atoms with Crippen molar-refractivity contribution < 1.29 is 34.0 Å². The molecule has 0 amide bonds. The molecule has 150 valence electrons. The molecule has 1 heterocycles. The molecule has 3 atom stereocenters. The zero-order chi connectivity index (χ0) is 20.3. The number of aromatic hydroxyl groups is 1. The zero-order valence-corrected chi connectivity index (χ0v) is 16.0. The Labute approximate surface area is 163 Å². The highest BCUT2D eigenvalue weighted by molar-refractivity contribution is 5.76. The summed E-state index contributed by atoms with van der Waals surface area (Å²) in [4.78, 5) is 12.3. The minimum Gasteiger partial charge on any atom is -0.504 e. The van der Waals surface area contributed by atoms with Crippen molar-refractivity contribution in [1.29, 1.82) is 0 Å². The number of phenols is 1. The van der Waals surface area contributed by atoms with Crippen molar-refractivity contribution in [2.24, 2.45) is 11.8 Å². The molecule has 1 fully saturated rings. The van der Waals surface area contributed by atoms with E-state index in [-0.39, 0.29) is 24.0 Å². The summed E-state index contributed by atoms with van der Waals surface area (Å²) in [6.45, 7) is 0.226. The Morgan fingerprint density at radius 2 is 1.75 bits per heavy atom. The van der Waals surface area contributed by atoms with E-state index < -0.39 is 18.0 Å². The van der Waals surface area contributed by atoms with Crippen molar-refractivity contribution in [3.05, 3.63) is 47.5 Å². The highest BCUT2D eigenvalue weighted by atomic mass is 16.5. The summed E-state index contributed by atoms with van der Waals surface area (Å²) in [7, 11) is 4.56. The first-order valence-electron chi connectivity index (χ1n) is 8.91. The van der Waals surface area contributed by atoms with Crippen LogP contribution >= 0.6 is 0 Å². The first-order chi connectivity index (χ1) is 13.5. The van der Waals surface area contributed by atoms with Crippen LogP contribution in [-0.2, 0) is 16.0 Å². The van der Waals surface area contributed by atoms with Crippen LogP contribution in [0.5, 0.6) is 23.0 Å². The molecule has 0 aromatic heterocycles. The maximum Gasteiger partial charge on any atom is 0.312 e. The molecule has 1 aliphatic rings. The normalized spacial score (nSPS) is 19.8. The Hall–Kier alpha value is -2.93. The molecule has 1 aliphatic heterocycles. The molecule has 3 rings (SSSR count). The molecular weight excluding hydrogens is 364 g/mol. The topological polar surface area (TPSA) is 94.5 Å². The first-order valence-corrected chi connectivity index (χ1v) is 8.91. The van der Waals surface area contributed by atoms with Gasteiger partial charge in [0.1, 0.15) is 0 Å². The number of aliphatic hydroxyl groups is 1. The van der Waals surface area contributed by atoms with E-state index in [2.05, 4.69) is 0 Å². The molecule has 0 aliphatic carbocycles. The third-order valence-electron chi connectivity index (χ3n) is 5.05. The molecule has 0 unspecified atom stereocenters. The van der Waals surface area contributed by atoms with Gasteiger partial charge >= 0.3 is 5.97 Å². The number of carbonyl (C=O) groups is 1. The van der Waals surface area contributed by atoms with Crippen molar-refractivity contribution in [2.75, 3.05) is 27.9 Å². The number of methoxy groups -OCH3 is 3. The highest BCUT2D eigenvalue weighted by Crippen LogP contribution is 2.39. The lowest BCUT2D eigenvalue weighted by atomic mass is 9.83. The molecule has 0 spiro atoms. The number of ether oxygens (including phenoxy) is 4. The lowest BCUT2D eigenvalue weighted by molar-refractivity contribution is -0.144. The van der Waals surface area contributed by atoms with E-state index in [1.54, 1.807) is 20.3 Å². The second-order valence-electron chi connectivity index (χ2n) is 6.69. The van der Waals surface area contributed by atoms with Crippen LogP contribution in [0.25, 0.3) is 0 Å². The predicted octanol–water partition coefficient (Wildman–Crippen LogP) is 2.48. The van der Waals surface area contributed by atoms with E-state index >= 15 is 0 Å². The van der Waals surface area contributed by atoms with Gasteiger partial charge in [0.25, 0.3) is 0 Å². The molecule has 2 N–H and O–H groups in total. The van der Waals surface area contributed by atoms with Gasteiger partial charge in [0.15, 0.2) is 23.0 Å². The molecule has 2 aromatic carbocycles. The fourth-order valence-electron chi connectivity index (χ4n) is 3.55. The number of esters is 1.